The van der Waals surface area contributed by atoms with Gasteiger partial charge >= 0.3 is 0 Å². The Bertz CT molecular complexity index is 583. The summed E-state index contributed by atoms with van der Waals surface area (Å²) in [5.74, 6) is 0. The molecule has 1 saturated heterocycles. The van der Waals surface area contributed by atoms with Gasteiger partial charge in [0.15, 0.2) is 0 Å². The number of hydrogen-bond donors (Lipinski definition) is 0. The van der Waals surface area contributed by atoms with Crippen molar-refractivity contribution in [2.24, 2.45) is 0 Å². The first-order chi connectivity index (χ1) is 10.7. The van der Waals surface area contributed by atoms with E-state index in [4.69, 9.17) is 4.74 Å². The highest BCUT2D eigenvalue weighted by Gasteiger charge is 2.21. The summed E-state index contributed by atoms with van der Waals surface area (Å²) >= 11 is 0. The molecule has 1 aromatic heterocycles. The molecule has 1 aliphatic rings. The van der Waals surface area contributed by atoms with Gasteiger partial charge in [-0.1, -0.05) is 18.2 Å². The number of morpholine rings is 1. The zero-order valence-corrected chi connectivity index (χ0v) is 13.2. The Labute approximate surface area is 131 Å². The van der Waals surface area contributed by atoms with Gasteiger partial charge in [0.25, 0.3) is 0 Å². The van der Waals surface area contributed by atoms with Crippen molar-refractivity contribution in [2.45, 2.75) is 12.6 Å². The van der Waals surface area contributed by atoms with E-state index >= 15 is 0 Å². The van der Waals surface area contributed by atoms with E-state index in [-0.39, 0.29) is 6.10 Å². The number of benzene rings is 1. The molecule has 22 heavy (non-hydrogen) atoms. The van der Waals surface area contributed by atoms with E-state index in [1.807, 2.05) is 36.5 Å². The molecule has 0 N–H and O–H groups in total. The molecule has 3 rings (SSSR count). The Kier molecular flexibility index (Phi) is 4.82. The summed E-state index contributed by atoms with van der Waals surface area (Å²) < 4.78 is 5.81. The third-order valence-electron chi connectivity index (χ3n) is 3.70. The maximum absolute atomic E-state index is 5.81. The Morgan fingerprint density at radius 3 is 2.86 bits per heavy atom. The van der Waals surface area contributed by atoms with E-state index in [1.165, 1.54) is 0 Å². The average molecular weight is 301 g/mol. The zero-order valence-electron chi connectivity index (χ0n) is 13.2. The minimum atomic E-state index is 0.271. The van der Waals surface area contributed by atoms with E-state index in [0.717, 1.165) is 44.2 Å². The minimum absolute atomic E-state index is 0.271. The topological polar surface area (TPSA) is 46.4 Å². The molecule has 1 atom stereocenters. The summed E-state index contributed by atoms with van der Waals surface area (Å²) in [7, 11) is 4.15. The lowest BCUT2D eigenvalue weighted by molar-refractivity contribution is -0.0410. The molecule has 0 amide bonds. The molecule has 0 unspecified atom stereocenters. The SMILES string of the molecule is CN(C)C[C@@H]1CN(Cc2cnn(-c3ccccc3)n2)CCO1. The molecule has 0 radical (unpaired) electrons. The molecule has 1 fully saturated rings. The molecule has 0 saturated carbocycles. The Morgan fingerprint density at radius 2 is 2.09 bits per heavy atom. The van der Waals surface area contributed by atoms with E-state index in [1.54, 1.807) is 4.80 Å². The average Bonchev–Trinajstić information content (AvgIpc) is 2.96. The molecule has 1 aromatic carbocycles. The van der Waals surface area contributed by atoms with Gasteiger partial charge in [-0.2, -0.15) is 15.0 Å². The number of hydrogen-bond acceptors (Lipinski definition) is 5. The first-order valence-corrected chi connectivity index (χ1v) is 7.66. The van der Waals surface area contributed by atoms with Gasteiger partial charge in [0.2, 0.25) is 0 Å². The maximum Gasteiger partial charge on any atom is 0.0971 e. The molecule has 0 bridgehead atoms. The normalized spacial score (nSPS) is 19.7. The van der Waals surface area contributed by atoms with Crippen molar-refractivity contribution in [3.8, 4) is 5.69 Å². The molecule has 2 heterocycles. The molecule has 1 aliphatic heterocycles. The van der Waals surface area contributed by atoms with Crippen LogP contribution in [0.1, 0.15) is 5.69 Å². The second-order valence-corrected chi connectivity index (χ2v) is 5.95. The van der Waals surface area contributed by atoms with Crippen LogP contribution < -0.4 is 0 Å². The van der Waals surface area contributed by atoms with Crippen LogP contribution in [0.15, 0.2) is 36.5 Å². The summed E-state index contributed by atoms with van der Waals surface area (Å²) in [6.45, 7) is 4.44. The highest BCUT2D eigenvalue weighted by atomic mass is 16.5. The minimum Gasteiger partial charge on any atom is -0.374 e. The highest BCUT2D eigenvalue weighted by molar-refractivity contribution is 5.28. The first kappa shape index (κ1) is 15.1. The summed E-state index contributed by atoms with van der Waals surface area (Å²) in [4.78, 5) is 6.24. The fraction of sp³-hybridized carbons (Fsp3) is 0.500. The van der Waals surface area contributed by atoms with Crippen LogP contribution in [0.3, 0.4) is 0 Å². The van der Waals surface area contributed by atoms with Gasteiger partial charge in [0, 0.05) is 26.2 Å². The van der Waals surface area contributed by atoms with Crippen LogP contribution in [0.25, 0.3) is 5.69 Å². The Hall–Kier alpha value is -1.76. The van der Waals surface area contributed by atoms with Crippen LogP contribution in [0.2, 0.25) is 0 Å². The fourth-order valence-corrected chi connectivity index (χ4v) is 2.72. The van der Waals surface area contributed by atoms with E-state index < -0.39 is 0 Å². The zero-order chi connectivity index (χ0) is 15.4. The van der Waals surface area contributed by atoms with Gasteiger partial charge in [-0.05, 0) is 26.2 Å². The lowest BCUT2D eigenvalue weighted by atomic mass is 10.2. The number of likely N-dealkylation sites (N-methyl/N-ethyl adjacent to an activating group) is 1. The van der Waals surface area contributed by atoms with E-state index in [9.17, 15) is 0 Å². The van der Waals surface area contributed by atoms with Crippen molar-refractivity contribution in [1.82, 2.24) is 24.8 Å². The third-order valence-corrected chi connectivity index (χ3v) is 3.70. The second kappa shape index (κ2) is 7.00. The molecule has 118 valence electrons. The Morgan fingerprint density at radius 1 is 1.27 bits per heavy atom. The van der Waals surface area contributed by atoms with Crippen LogP contribution in [-0.2, 0) is 11.3 Å². The van der Waals surface area contributed by atoms with Crippen molar-refractivity contribution < 1.29 is 4.74 Å². The summed E-state index contributed by atoms with van der Waals surface area (Å²) in [6.07, 6.45) is 2.12. The molecular weight excluding hydrogens is 278 g/mol. The van der Waals surface area contributed by atoms with Crippen molar-refractivity contribution in [3.63, 3.8) is 0 Å². The quantitative estimate of drug-likeness (QED) is 0.825. The lowest BCUT2D eigenvalue weighted by Gasteiger charge is -2.33. The van der Waals surface area contributed by atoms with Crippen molar-refractivity contribution >= 4 is 0 Å². The van der Waals surface area contributed by atoms with Gasteiger partial charge in [-0.15, -0.1) is 0 Å². The van der Waals surface area contributed by atoms with Gasteiger partial charge in [0.05, 0.1) is 30.3 Å². The number of ether oxygens (including phenoxy) is 1. The largest absolute Gasteiger partial charge is 0.374 e. The van der Waals surface area contributed by atoms with Crippen LogP contribution in [0.4, 0.5) is 0 Å². The maximum atomic E-state index is 5.81. The summed E-state index contributed by atoms with van der Waals surface area (Å²) in [6, 6.07) is 9.99. The first-order valence-electron chi connectivity index (χ1n) is 7.66. The van der Waals surface area contributed by atoms with Gasteiger partial charge < -0.3 is 9.64 Å². The van der Waals surface area contributed by atoms with Crippen LogP contribution in [0.5, 0.6) is 0 Å². The Balaban J connectivity index is 1.60. The predicted molar refractivity (Wildman–Crippen MR) is 84.9 cm³/mol. The summed E-state index contributed by atoms with van der Waals surface area (Å²) in [5.41, 5.74) is 1.98. The molecule has 0 aliphatic carbocycles. The van der Waals surface area contributed by atoms with Crippen molar-refractivity contribution in [3.05, 3.63) is 42.2 Å². The van der Waals surface area contributed by atoms with E-state index in [2.05, 4.69) is 34.1 Å². The number of para-hydroxylation sites is 1. The molecule has 6 nitrogen and oxygen atoms in total. The number of nitrogens with zero attached hydrogens (tertiary/aromatic N) is 5. The van der Waals surface area contributed by atoms with E-state index in [0.29, 0.717) is 0 Å². The van der Waals surface area contributed by atoms with Gasteiger partial charge in [-0.25, -0.2) is 0 Å². The smallest absolute Gasteiger partial charge is 0.0971 e. The van der Waals surface area contributed by atoms with Crippen LogP contribution in [-0.4, -0.2) is 71.2 Å². The molecule has 6 heteroatoms. The van der Waals surface area contributed by atoms with Crippen molar-refractivity contribution in [2.75, 3.05) is 40.3 Å². The molecular formula is C16H23N5O. The number of aromatic nitrogens is 3. The predicted octanol–water partition coefficient (Wildman–Crippen LogP) is 1.03. The number of rotatable bonds is 5. The highest BCUT2D eigenvalue weighted by Crippen LogP contribution is 2.10. The van der Waals surface area contributed by atoms with Crippen LogP contribution in [0, 0.1) is 0 Å². The van der Waals surface area contributed by atoms with Gasteiger partial charge in [-0.3, -0.25) is 4.90 Å². The second-order valence-electron chi connectivity index (χ2n) is 5.95. The van der Waals surface area contributed by atoms with Crippen molar-refractivity contribution in [1.29, 1.82) is 0 Å². The van der Waals surface area contributed by atoms with Crippen LogP contribution >= 0.6 is 0 Å². The molecule has 2 aromatic rings. The third kappa shape index (κ3) is 3.91. The standard InChI is InChI=1S/C16H23N5O/c1-19(2)12-16-13-20(8-9-22-16)11-14-10-17-21(18-14)15-6-4-3-5-7-15/h3-7,10,16H,8-9,11-13H2,1-2H3/t16-/m1/s1. The lowest BCUT2D eigenvalue weighted by Crippen LogP contribution is -2.46. The summed E-state index contributed by atoms with van der Waals surface area (Å²) in [5, 5.41) is 8.93. The fourth-order valence-electron chi connectivity index (χ4n) is 2.72. The monoisotopic (exact) mass is 301 g/mol. The van der Waals surface area contributed by atoms with Gasteiger partial charge in [0.1, 0.15) is 0 Å². The molecule has 0 spiro atoms.